The molecule has 0 fully saturated rings. The van der Waals surface area contributed by atoms with Crippen LogP contribution in [0.25, 0.3) is 0 Å². The molecule has 0 spiro atoms. The Morgan fingerprint density at radius 3 is 2.45 bits per heavy atom. The summed E-state index contributed by atoms with van der Waals surface area (Å²) < 4.78 is 42.9. The summed E-state index contributed by atoms with van der Waals surface area (Å²) in [7, 11) is 1.54. The molecule has 0 bridgehead atoms. The summed E-state index contributed by atoms with van der Waals surface area (Å²) in [4.78, 5) is 16.9. The lowest BCUT2D eigenvalue weighted by molar-refractivity contribution is -0.141. The van der Waals surface area contributed by atoms with E-state index in [1.54, 1.807) is 31.2 Å². The number of anilines is 1. The standard InChI is InChI=1S/C14H14F3N3O2/c1-8(9-3-5-10(22-2)6-4-9)18-13-19-11(14(15,16)17)7-12(21)20-13/h3-8H,1-2H3,(H2,18,19,20,21). The lowest BCUT2D eigenvalue weighted by atomic mass is 10.1. The maximum atomic E-state index is 12.6. The van der Waals surface area contributed by atoms with E-state index in [9.17, 15) is 18.0 Å². The molecule has 0 aliphatic rings. The Bertz CT molecular complexity index is 696. The van der Waals surface area contributed by atoms with Gasteiger partial charge >= 0.3 is 6.18 Å². The number of aromatic nitrogens is 2. The van der Waals surface area contributed by atoms with Crippen molar-refractivity contribution >= 4 is 5.95 Å². The van der Waals surface area contributed by atoms with Crippen molar-refractivity contribution in [2.24, 2.45) is 0 Å². The molecule has 118 valence electrons. The average molecular weight is 313 g/mol. The fourth-order valence-electron chi connectivity index (χ4n) is 1.85. The van der Waals surface area contributed by atoms with Gasteiger partial charge in [-0.15, -0.1) is 0 Å². The molecule has 1 aromatic carbocycles. The Kier molecular flexibility index (Phi) is 4.39. The van der Waals surface area contributed by atoms with Crippen LogP contribution in [0.1, 0.15) is 24.2 Å². The van der Waals surface area contributed by atoms with Crippen molar-refractivity contribution in [1.29, 1.82) is 0 Å². The number of benzene rings is 1. The van der Waals surface area contributed by atoms with Crippen LogP contribution in [0.2, 0.25) is 0 Å². The number of ether oxygens (including phenoxy) is 1. The highest BCUT2D eigenvalue weighted by Gasteiger charge is 2.33. The Morgan fingerprint density at radius 1 is 1.27 bits per heavy atom. The zero-order chi connectivity index (χ0) is 16.3. The molecule has 0 saturated heterocycles. The molecule has 0 aliphatic carbocycles. The highest BCUT2D eigenvalue weighted by atomic mass is 19.4. The average Bonchev–Trinajstić information content (AvgIpc) is 2.45. The van der Waals surface area contributed by atoms with E-state index < -0.39 is 17.4 Å². The number of H-pyrrole nitrogens is 1. The van der Waals surface area contributed by atoms with Crippen molar-refractivity contribution in [1.82, 2.24) is 9.97 Å². The van der Waals surface area contributed by atoms with Gasteiger partial charge in [0.2, 0.25) is 5.95 Å². The molecule has 0 radical (unpaired) electrons. The summed E-state index contributed by atoms with van der Waals surface area (Å²) in [6.45, 7) is 1.74. The highest BCUT2D eigenvalue weighted by Crippen LogP contribution is 2.27. The number of hydrogen-bond acceptors (Lipinski definition) is 4. The van der Waals surface area contributed by atoms with Gasteiger partial charge in [-0.3, -0.25) is 9.78 Å². The molecule has 2 rings (SSSR count). The second-order valence-corrected chi connectivity index (χ2v) is 4.62. The van der Waals surface area contributed by atoms with E-state index in [1.165, 1.54) is 7.11 Å². The van der Waals surface area contributed by atoms with Gasteiger partial charge in [-0.05, 0) is 24.6 Å². The number of nitrogens with one attached hydrogen (secondary N) is 2. The van der Waals surface area contributed by atoms with Crippen molar-refractivity contribution in [2.75, 3.05) is 12.4 Å². The molecular weight excluding hydrogens is 299 g/mol. The minimum absolute atomic E-state index is 0.233. The van der Waals surface area contributed by atoms with Crippen molar-refractivity contribution in [3.8, 4) is 5.75 Å². The summed E-state index contributed by atoms with van der Waals surface area (Å²) in [5, 5.41) is 2.74. The van der Waals surface area contributed by atoms with Gasteiger partial charge in [-0.1, -0.05) is 12.1 Å². The van der Waals surface area contributed by atoms with Crippen LogP contribution >= 0.6 is 0 Å². The molecule has 5 nitrogen and oxygen atoms in total. The molecule has 0 amide bonds. The molecule has 2 N–H and O–H groups in total. The second kappa shape index (κ2) is 6.08. The molecule has 22 heavy (non-hydrogen) atoms. The van der Waals surface area contributed by atoms with Gasteiger partial charge in [0.05, 0.1) is 13.2 Å². The minimum Gasteiger partial charge on any atom is -0.497 e. The predicted molar refractivity (Wildman–Crippen MR) is 74.9 cm³/mol. The molecule has 2 aromatic rings. The predicted octanol–water partition coefficient (Wildman–Crippen LogP) is 2.97. The molecular formula is C14H14F3N3O2. The van der Waals surface area contributed by atoms with Crippen molar-refractivity contribution < 1.29 is 17.9 Å². The van der Waals surface area contributed by atoms with Crippen molar-refractivity contribution in [3.05, 3.63) is 51.9 Å². The Hall–Kier alpha value is -2.51. The lowest BCUT2D eigenvalue weighted by Gasteiger charge is -2.16. The van der Waals surface area contributed by atoms with Gasteiger partial charge in [0.15, 0.2) is 5.69 Å². The van der Waals surface area contributed by atoms with Crippen LogP contribution in [0.3, 0.4) is 0 Å². The van der Waals surface area contributed by atoms with Gasteiger partial charge in [0.25, 0.3) is 5.56 Å². The van der Waals surface area contributed by atoms with Gasteiger partial charge in [0, 0.05) is 6.07 Å². The summed E-state index contributed by atoms with van der Waals surface area (Å²) in [5.74, 6) is 0.435. The molecule has 0 aliphatic heterocycles. The maximum Gasteiger partial charge on any atom is 0.433 e. The van der Waals surface area contributed by atoms with Gasteiger partial charge < -0.3 is 10.1 Å². The van der Waals surface area contributed by atoms with E-state index in [1.807, 2.05) is 0 Å². The second-order valence-electron chi connectivity index (χ2n) is 4.62. The first-order chi connectivity index (χ1) is 10.3. The summed E-state index contributed by atoms with van der Waals surface area (Å²) in [6, 6.07) is 7.07. The van der Waals surface area contributed by atoms with Crippen LogP contribution in [-0.2, 0) is 6.18 Å². The third-order valence-corrected chi connectivity index (χ3v) is 3.00. The van der Waals surface area contributed by atoms with Gasteiger partial charge in [0.1, 0.15) is 5.75 Å². The Balaban J connectivity index is 2.22. The highest BCUT2D eigenvalue weighted by molar-refractivity contribution is 5.35. The Morgan fingerprint density at radius 2 is 1.91 bits per heavy atom. The number of halogens is 3. The zero-order valence-corrected chi connectivity index (χ0v) is 11.9. The molecule has 8 heteroatoms. The number of alkyl halides is 3. The van der Waals surface area contributed by atoms with Crippen LogP contribution < -0.4 is 15.6 Å². The topological polar surface area (TPSA) is 67.0 Å². The third kappa shape index (κ3) is 3.78. The van der Waals surface area contributed by atoms with E-state index in [4.69, 9.17) is 4.74 Å². The normalized spacial score (nSPS) is 12.8. The Labute approximate surface area is 124 Å². The van der Waals surface area contributed by atoms with Crippen LogP contribution in [0.4, 0.5) is 19.1 Å². The van der Waals surface area contributed by atoms with E-state index in [-0.39, 0.29) is 12.0 Å². The monoisotopic (exact) mass is 313 g/mol. The van der Waals surface area contributed by atoms with Gasteiger partial charge in [-0.25, -0.2) is 4.98 Å². The quantitative estimate of drug-likeness (QED) is 0.910. The zero-order valence-electron chi connectivity index (χ0n) is 11.9. The first-order valence-corrected chi connectivity index (χ1v) is 6.38. The van der Waals surface area contributed by atoms with E-state index >= 15 is 0 Å². The molecule has 1 atom stereocenters. The SMILES string of the molecule is COc1ccc(C(C)Nc2nc(C(F)(F)F)cc(=O)[nH]2)cc1. The van der Waals surface area contributed by atoms with Gasteiger partial charge in [-0.2, -0.15) is 13.2 Å². The number of methoxy groups -OCH3 is 1. The van der Waals surface area contributed by atoms with E-state index in [0.717, 1.165) is 5.56 Å². The summed E-state index contributed by atoms with van der Waals surface area (Å²) in [5.41, 5.74) is -1.30. The molecule has 0 saturated carbocycles. The summed E-state index contributed by atoms with van der Waals surface area (Å²) >= 11 is 0. The van der Waals surface area contributed by atoms with E-state index in [2.05, 4.69) is 15.3 Å². The minimum atomic E-state index is -4.67. The number of aromatic amines is 1. The first-order valence-electron chi connectivity index (χ1n) is 6.38. The van der Waals surface area contributed by atoms with E-state index in [0.29, 0.717) is 11.8 Å². The largest absolute Gasteiger partial charge is 0.497 e. The van der Waals surface area contributed by atoms with Crippen LogP contribution in [0.15, 0.2) is 35.1 Å². The molecule has 1 aromatic heterocycles. The fourth-order valence-corrected chi connectivity index (χ4v) is 1.85. The van der Waals surface area contributed by atoms with Crippen LogP contribution in [0.5, 0.6) is 5.75 Å². The smallest absolute Gasteiger partial charge is 0.433 e. The lowest BCUT2D eigenvalue weighted by Crippen LogP contribution is -2.20. The molecule has 1 unspecified atom stereocenters. The van der Waals surface area contributed by atoms with Crippen molar-refractivity contribution in [2.45, 2.75) is 19.1 Å². The fraction of sp³-hybridized carbons (Fsp3) is 0.286. The van der Waals surface area contributed by atoms with Crippen LogP contribution in [0, 0.1) is 0 Å². The molecule has 1 heterocycles. The number of hydrogen-bond donors (Lipinski definition) is 2. The first kappa shape index (κ1) is 15.9. The third-order valence-electron chi connectivity index (χ3n) is 3.00. The van der Waals surface area contributed by atoms with Crippen molar-refractivity contribution in [3.63, 3.8) is 0 Å². The maximum absolute atomic E-state index is 12.6. The van der Waals surface area contributed by atoms with Crippen LogP contribution in [-0.4, -0.2) is 17.1 Å². The number of nitrogens with zero attached hydrogens (tertiary/aromatic N) is 1. The summed E-state index contributed by atoms with van der Waals surface area (Å²) in [6.07, 6.45) is -4.67. The number of rotatable bonds is 4.